The first kappa shape index (κ1) is 15.5. The van der Waals surface area contributed by atoms with E-state index in [1.807, 2.05) is 25.1 Å². The third-order valence-electron chi connectivity index (χ3n) is 4.31. The molecular weight excluding hydrogens is 323 g/mol. The molecule has 6 heteroatoms. The van der Waals surface area contributed by atoms with E-state index in [2.05, 4.69) is 10.3 Å². The Morgan fingerprint density at radius 3 is 2.92 bits per heavy atom. The maximum absolute atomic E-state index is 13.5. The number of hydrogen-bond acceptors (Lipinski definition) is 3. The van der Waals surface area contributed by atoms with Gasteiger partial charge in [0, 0.05) is 23.1 Å². The Balaban J connectivity index is 1.46. The number of hydrogen-bond donors (Lipinski definition) is 2. The summed E-state index contributed by atoms with van der Waals surface area (Å²) < 4.78 is 24.1. The van der Waals surface area contributed by atoms with Crippen LogP contribution in [0, 0.1) is 12.7 Å². The molecule has 0 radical (unpaired) electrons. The smallest absolute Gasteiger partial charge is 0.253 e. The lowest BCUT2D eigenvalue weighted by Crippen LogP contribution is -2.26. The molecule has 0 unspecified atom stereocenters. The summed E-state index contributed by atoms with van der Waals surface area (Å²) in [6, 6.07) is 10.1. The van der Waals surface area contributed by atoms with Gasteiger partial charge in [0.15, 0.2) is 11.5 Å². The number of carbonyl (C=O) groups is 1. The first-order valence-corrected chi connectivity index (χ1v) is 8.06. The van der Waals surface area contributed by atoms with E-state index < -0.39 is 0 Å². The molecule has 128 valence electrons. The molecule has 0 bridgehead atoms. The second kappa shape index (κ2) is 6.12. The van der Waals surface area contributed by atoms with Gasteiger partial charge in [-0.3, -0.25) is 4.79 Å². The van der Waals surface area contributed by atoms with Crippen molar-refractivity contribution in [2.75, 3.05) is 13.3 Å². The molecule has 5 nitrogen and oxygen atoms in total. The monoisotopic (exact) mass is 340 g/mol. The number of carbonyl (C=O) groups excluding carboxylic acids is 1. The number of aromatic nitrogens is 1. The summed E-state index contributed by atoms with van der Waals surface area (Å²) in [7, 11) is 0. The molecule has 2 aromatic carbocycles. The van der Waals surface area contributed by atoms with Gasteiger partial charge in [0.25, 0.3) is 5.91 Å². The second-order valence-electron chi connectivity index (χ2n) is 6.01. The van der Waals surface area contributed by atoms with Crippen molar-refractivity contribution in [3.63, 3.8) is 0 Å². The molecule has 0 fully saturated rings. The van der Waals surface area contributed by atoms with Crippen LogP contribution < -0.4 is 14.8 Å². The van der Waals surface area contributed by atoms with Crippen LogP contribution in [0.3, 0.4) is 0 Å². The van der Waals surface area contributed by atoms with Gasteiger partial charge < -0.3 is 19.8 Å². The summed E-state index contributed by atoms with van der Waals surface area (Å²) in [6.07, 6.45) is 0.665. The predicted molar refractivity (Wildman–Crippen MR) is 91.6 cm³/mol. The lowest BCUT2D eigenvalue weighted by molar-refractivity contribution is 0.0955. The normalized spacial score (nSPS) is 12.6. The molecule has 1 aromatic heterocycles. The van der Waals surface area contributed by atoms with E-state index in [-0.39, 0.29) is 18.5 Å². The van der Waals surface area contributed by atoms with Gasteiger partial charge >= 0.3 is 0 Å². The Labute approximate surface area is 143 Å². The number of amides is 1. The lowest BCUT2D eigenvalue weighted by atomic mass is 10.1. The molecular formula is C19H17FN2O3. The van der Waals surface area contributed by atoms with Crippen molar-refractivity contribution in [2.45, 2.75) is 13.3 Å². The third-order valence-corrected chi connectivity index (χ3v) is 4.31. The van der Waals surface area contributed by atoms with E-state index in [1.165, 1.54) is 12.1 Å². The summed E-state index contributed by atoms with van der Waals surface area (Å²) in [5, 5.41) is 3.50. The summed E-state index contributed by atoms with van der Waals surface area (Å²) >= 11 is 0. The molecule has 1 aliphatic rings. The minimum atomic E-state index is -0.360. The molecule has 2 heterocycles. The van der Waals surface area contributed by atoms with Gasteiger partial charge in [0.05, 0.1) is 5.56 Å². The van der Waals surface area contributed by atoms with Gasteiger partial charge in [-0.2, -0.15) is 0 Å². The van der Waals surface area contributed by atoms with Crippen molar-refractivity contribution in [3.05, 3.63) is 59.0 Å². The number of fused-ring (bicyclic) bond motifs is 2. The molecule has 3 aromatic rings. The predicted octanol–water partition coefficient (Wildman–Crippen LogP) is 3.32. The first-order chi connectivity index (χ1) is 12.1. The minimum absolute atomic E-state index is 0.213. The van der Waals surface area contributed by atoms with Gasteiger partial charge in [0.1, 0.15) is 5.82 Å². The molecule has 1 aliphatic heterocycles. The number of halogens is 1. The summed E-state index contributed by atoms with van der Waals surface area (Å²) in [5.41, 5.74) is 3.01. The van der Waals surface area contributed by atoms with Crippen LogP contribution in [0.4, 0.5) is 4.39 Å². The molecule has 0 aliphatic carbocycles. The number of aromatic amines is 1. The summed E-state index contributed by atoms with van der Waals surface area (Å²) in [4.78, 5) is 15.6. The Morgan fingerprint density at radius 2 is 2.04 bits per heavy atom. The SMILES string of the molecule is Cc1[nH]c2ccc(F)cc2c1C(=O)NCCc1ccc2c(c1)OCO2. The zero-order valence-corrected chi connectivity index (χ0v) is 13.7. The van der Waals surface area contributed by atoms with Crippen molar-refractivity contribution >= 4 is 16.8 Å². The number of ether oxygens (including phenoxy) is 2. The van der Waals surface area contributed by atoms with Crippen LogP contribution in [-0.2, 0) is 6.42 Å². The molecule has 4 rings (SSSR count). The Bertz CT molecular complexity index is 965. The minimum Gasteiger partial charge on any atom is -0.454 e. The van der Waals surface area contributed by atoms with Gasteiger partial charge in [-0.1, -0.05) is 6.07 Å². The molecule has 0 saturated heterocycles. The molecule has 0 atom stereocenters. The highest BCUT2D eigenvalue weighted by molar-refractivity contribution is 6.08. The molecule has 2 N–H and O–H groups in total. The van der Waals surface area contributed by atoms with E-state index in [4.69, 9.17) is 9.47 Å². The molecule has 25 heavy (non-hydrogen) atoms. The van der Waals surface area contributed by atoms with Gasteiger partial charge in [-0.05, 0) is 49.2 Å². The lowest BCUT2D eigenvalue weighted by Gasteiger charge is -2.07. The van der Waals surface area contributed by atoms with Crippen LogP contribution >= 0.6 is 0 Å². The van der Waals surface area contributed by atoms with E-state index in [1.54, 1.807) is 6.07 Å². The highest BCUT2D eigenvalue weighted by Gasteiger charge is 2.17. The maximum Gasteiger partial charge on any atom is 0.253 e. The standard InChI is InChI=1S/C19H17FN2O3/c1-11-18(14-9-13(20)3-4-15(14)22-11)19(23)21-7-6-12-2-5-16-17(8-12)25-10-24-16/h2-5,8-9,22H,6-7,10H2,1H3,(H,21,23). The average molecular weight is 340 g/mol. The third kappa shape index (κ3) is 2.91. The number of aryl methyl sites for hydroxylation is 1. The Kier molecular flexibility index (Phi) is 3.80. The van der Waals surface area contributed by atoms with E-state index in [0.717, 1.165) is 28.3 Å². The van der Waals surface area contributed by atoms with Gasteiger partial charge in [-0.15, -0.1) is 0 Å². The van der Waals surface area contributed by atoms with Crippen LogP contribution in [0.15, 0.2) is 36.4 Å². The fraction of sp³-hybridized carbons (Fsp3) is 0.211. The van der Waals surface area contributed by atoms with Crippen LogP contribution in [0.25, 0.3) is 10.9 Å². The largest absolute Gasteiger partial charge is 0.454 e. The highest BCUT2D eigenvalue weighted by Crippen LogP contribution is 2.32. The number of nitrogens with one attached hydrogen (secondary N) is 2. The average Bonchev–Trinajstić information content (AvgIpc) is 3.17. The number of H-pyrrole nitrogens is 1. The van der Waals surface area contributed by atoms with Crippen molar-refractivity contribution in [1.82, 2.24) is 10.3 Å². The molecule has 1 amide bonds. The maximum atomic E-state index is 13.5. The van der Waals surface area contributed by atoms with Crippen molar-refractivity contribution in [1.29, 1.82) is 0 Å². The Hall–Kier alpha value is -3.02. The first-order valence-electron chi connectivity index (χ1n) is 8.06. The van der Waals surface area contributed by atoms with Crippen LogP contribution in [-0.4, -0.2) is 24.2 Å². The van der Waals surface area contributed by atoms with Gasteiger partial charge in [0.2, 0.25) is 6.79 Å². The van der Waals surface area contributed by atoms with Crippen molar-refractivity contribution < 1.29 is 18.7 Å². The zero-order valence-electron chi connectivity index (χ0n) is 13.7. The summed E-state index contributed by atoms with van der Waals surface area (Å²) in [6.45, 7) is 2.52. The fourth-order valence-electron chi connectivity index (χ4n) is 3.10. The van der Waals surface area contributed by atoms with Crippen LogP contribution in [0.5, 0.6) is 11.5 Å². The fourth-order valence-corrected chi connectivity index (χ4v) is 3.10. The van der Waals surface area contributed by atoms with Crippen molar-refractivity contribution in [3.8, 4) is 11.5 Å². The van der Waals surface area contributed by atoms with E-state index in [9.17, 15) is 9.18 Å². The Morgan fingerprint density at radius 1 is 1.20 bits per heavy atom. The highest BCUT2D eigenvalue weighted by atomic mass is 19.1. The van der Waals surface area contributed by atoms with E-state index >= 15 is 0 Å². The van der Waals surface area contributed by atoms with Gasteiger partial charge in [-0.25, -0.2) is 4.39 Å². The van der Waals surface area contributed by atoms with Crippen LogP contribution in [0.2, 0.25) is 0 Å². The summed E-state index contributed by atoms with van der Waals surface area (Å²) in [5.74, 6) is 0.895. The van der Waals surface area contributed by atoms with Crippen molar-refractivity contribution in [2.24, 2.45) is 0 Å². The van der Waals surface area contributed by atoms with E-state index in [0.29, 0.717) is 23.9 Å². The van der Waals surface area contributed by atoms with Crippen LogP contribution in [0.1, 0.15) is 21.6 Å². The number of benzene rings is 2. The molecule has 0 saturated carbocycles. The second-order valence-corrected chi connectivity index (χ2v) is 6.01. The number of rotatable bonds is 4. The quantitative estimate of drug-likeness (QED) is 0.766. The molecule has 0 spiro atoms. The zero-order chi connectivity index (χ0) is 17.4. The topological polar surface area (TPSA) is 63.4 Å².